The fourth-order valence-electron chi connectivity index (χ4n) is 3.18. The molecule has 0 bridgehead atoms. The van der Waals surface area contributed by atoms with Crippen molar-refractivity contribution < 1.29 is 9.53 Å². The van der Waals surface area contributed by atoms with Gasteiger partial charge in [-0.25, -0.2) is 9.97 Å². The van der Waals surface area contributed by atoms with Crippen molar-refractivity contribution in [2.75, 3.05) is 12.4 Å². The molecule has 0 radical (unpaired) electrons. The van der Waals surface area contributed by atoms with Crippen LogP contribution in [0, 0.1) is 5.92 Å². The number of nitrogens with zero attached hydrogens (tertiary/aromatic N) is 2. The van der Waals surface area contributed by atoms with Gasteiger partial charge in [0.1, 0.15) is 10.8 Å². The molecule has 140 valence electrons. The van der Waals surface area contributed by atoms with Crippen LogP contribution in [-0.4, -0.2) is 23.0 Å². The first kappa shape index (κ1) is 18.1. The summed E-state index contributed by atoms with van der Waals surface area (Å²) in [5, 5.41) is 6.50. The molecule has 2 heterocycles. The molecule has 27 heavy (non-hydrogen) atoms. The maximum Gasteiger partial charge on any atom is 0.232 e. The van der Waals surface area contributed by atoms with Crippen LogP contribution in [0.3, 0.4) is 0 Å². The predicted molar refractivity (Wildman–Crippen MR) is 110 cm³/mol. The van der Waals surface area contributed by atoms with E-state index in [0.29, 0.717) is 11.0 Å². The van der Waals surface area contributed by atoms with Gasteiger partial charge in [0.25, 0.3) is 0 Å². The van der Waals surface area contributed by atoms with E-state index in [2.05, 4.69) is 22.2 Å². The van der Waals surface area contributed by atoms with E-state index in [-0.39, 0.29) is 12.3 Å². The topological polar surface area (TPSA) is 64.1 Å². The molecule has 0 fully saturated rings. The maximum absolute atomic E-state index is 12.4. The van der Waals surface area contributed by atoms with Crippen LogP contribution in [0.2, 0.25) is 0 Å². The second kappa shape index (κ2) is 7.78. The molecule has 2 aromatic heterocycles. The lowest BCUT2D eigenvalue weighted by Gasteiger charge is -2.15. The van der Waals surface area contributed by atoms with Crippen LogP contribution in [0.1, 0.15) is 29.6 Å². The van der Waals surface area contributed by atoms with E-state index >= 15 is 0 Å². The summed E-state index contributed by atoms with van der Waals surface area (Å²) < 4.78 is 5.18. The normalized spacial score (nSPS) is 16.0. The second-order valence-electron chi connectivity index (χ2n) is 6.83. The molecule has 3 aromatic rings. The van der Waals surface area contributed by atoms with Crippen LogP contribution in [0.25, 0.3) is 10.6 Å². The van der Waals surface area contributed by atoms with E-state index in [0.717, 1.165) is 40.6 Å². The van der Waals surface area contributed by atoms with Gasteiger partial charge in [0.2, 0.25) is 5.91 Å². The number of hydrogen-bond donors (Lipinski definition) is 1. The van der Waals surface area contributed by atoms with Crippen LogP contribution in [-0.2, 0) is 24.1 Å². The van der Waals surface area contributed by atoms with E-state index in [4.69, 9.17) is 4.74 Å². The number of carbonyl (C=O) groups excluding carboxylic acids is 1. The summed E-state index contributed by atoms with van der Waals surface area (Å²) >= 11 is 3.15. The summed E-state index contributed by atoms with van der Waals surface area (Å²) in [5.41, 5.74) is 2.95. The molecule has 1 atom stereocenters. The lowest BCUT2D eigenvalue weighted by Crippen LogP contribution is -2.14. The molecule has 0 aliphatic heterocycles. The molecule has 0 spiro atoms. The number of aryl methyl sites for hydroxylation is 1. The quantitative estimate of drug-likeness (QED) is 0.682. The smallest absolute Gasteiger partial charge is 0.232 e. The zero-order valence-corrected chi connectivity index (χ0v) is 17.0. The van der Waals surface area contributed by atoms with Gasteiger partial charge in [-0.3, -0.25) is 4.79 Å². The molecule has 1 aromatic carbocycles. The number of fused-ring (bicyclic) bond motifs is 1. The van der Waals surface area contributed by atoms with E-state index in [1.165, 1.54) is 11.3 Å². The Bertz CT molecular complexity index is 947. The SMILES string of the molecule is COc1ccc(-c2nc(CC(=O)Nc3nc4c(s3)CC(C)CC4)cs2)cc1. The molecule has 0 saturated heterocycles. The van der Waals surface area contributed by atoms with Crippen molar-refractivity contribution in [1.82, 2.24) is 9.97 Å². The summed E-state index contributed by atoms with van der Waals surface area (Å²) in [6.45, 7) is 2.27. The van der Waals surface area contributed by atoms with Gasteiger partial charge in [-0.1, -0.05) is 6.92 Å². The Labute approximate surface area is 166 Å². The van der Waals surface area contributed by atoms with E-state index in [1.807, 2.05) is 29.6 Å². The summed E-state index contributed by atoms with van der Waals surface area (Å²) in [7, 11) is 1.65. The molecule has 4 rings (SSSR count). The Morgan fingerprint density at radius 3 is 2.89 bits per heavy atom. The number of methoxy groups -OCH3 is 1. The summed E-state index contributed by atoms with van der Waals surface area (Å²) in [5.74, 6) is 1.45. The molecule has 1 aliphatic rings. The van der Waals surface area contributed by atoms with E-state index in [1.54, 1.807) is 29.8 Å². The van der Waals surface area contributed by atoms with Gasteiger partial charge in [-0.2, -0.15) is 0 Å². The Morgan fingerprint density at radius 1 is 1.30 bits per heavy atom. The van der Waals surface area contributed by atoms with Crippen LogP contribution in [0.4, 0.5) is 5.13 Å². The largest absolute Gasteiger partial charge is 0.497 e. The number of thiazole rings is 2. The summed E-state index contributed by atoms with van der Waals surface area (Å²) in [6, 6.07) is 7.77. The Morgan fingerprint density at radius 2 is 2.11 bits per heavy atom. The highest BCUT2D eigenvalue weighted by molar-refractivity contribution is 7.16. The standard InChI is InChI=1S/C20H21N3O2S2/c1-12-3-8-16-17(9-12)27-20(22-16)23-18(24)10-14-11-26-19(21-14)13-4-6-15(25-2)7-5-13/h4-7,11-12H,3,8-10H2,1-2H3,(H,22,23,24). The molecule has 1 unspecified atom stereocenters. The predicted octanol–water partition coefficient (Wildman–Crippen LogP) is 4.58. The van der Waals surface area contributed by atoms with Gasteiger partial charge in [-0.05, 0) is 49.4 Å². The second-order valence-corrected chi connectivity index (χ2v) is 8.78. The van der Waals surface area contributed by atoms with Crippen LogP contribution in [0.5, 0.6) is 5.75 Å². The first-order valence-corrected chi connectivity index (χ1v) is 10.7. The van der Waals surface area contributed by atoms with E-state index in [9.17, 15) is 4.79 Å². The fourth-order valence-corrected chi connectivity index (χ4v) is 5.19. The first-order valence-electron chi connectivity index (χ1n) is 8.98. The number of carbonyl (C=O) groups is 1. The highest BCUT2D eigenvalue weighted by Gasteiger charge is 2.20. The highest BCUT2D eigenvalue weighted by Crippen LogP contribution is 2.32. The van der Waals surface area contributed by atoms with Crippen molar-refractivity contribution in [1.29, 1.82) is 0 Å². The van der Waals surface area contributed by atoms with Crippen molar-refractivity contribution in [3.63, 3.8) is 0 Å². The number of amides is 1. The third-order valence-electron chi connectivity index (χ3n) is 4.66. The first-order chi connectivity index (χ1) is 13.1. The lowest BCUT2D eigenvalue weighted by molar-refractivity contribution is -0.115. The molecule has 7 heteroatoms. The van der Waals surface area contributed by atoms with Crippen molar-refractivity contribution >= 4 is 33.7 Å². The fraction of sp³-hybridized carbons (Fsp3) is 0.350. The van der Waals surface area contributed by atoms with Crippen molar-refractivity contribution in [2.45, 2.75) is 32.6 Å². The monoisotopic (exact) mass is 399 g/mol. The van der Waals surface area contributed by atoms with Crippen molar-refractivity contribution in [2.24, 2.45) is 5.92 Å². The summed E-state index contributed by atoms with van der Waals surface area (Å²) in [6.07, 6.45) is 3.52. The summed E-state index contributed by atoms with van der Waals surface area (Å²) in [4.78, 5) is 22.9. The Hall–Kier alpha value is -2.25. The minimum Gasteiger partial charge on any atom is -0.497 e. The lowest BCUT2D eigenvalue weighted by atomic mass is 9.93. The Balaban J connectivity index is 1.39. The van der Waals surface area contributed by atoms with Gasteiger partial charge in [0.05, 0.1) is 24.9 Å². The number of hydrogen-bond acceptors (Lipinski definition) is 6. The van der Waals surface area contributed by atoms with Crippen molar-refractivity contribution in [3.05, 3.63) is 45.9 Å². The van der Waals surface area contributed by atoms with Gasteiger partial charge >= 0.3 is 0 Å². The number of nitrogens with one attached hydrogen (secondary N) is 1. The maximum atomic E-state index is 12.4. The average molecular weight is 400 g/mol. The number of benzene rings is 1. The molecule has 1 amide bonds. The van der Waals surface area contributed by atoms with Crippen LogP contribution >= 0.6 is 22.7 Å². The molecular weight excluding hydrogens is 378 g/mol. The zero-order chi connectivity index (χ0) is 18.8. The van der Waals surface area contributed by atoms with Gasteiger partial charge in [-0.15, -0.1) is 22.7 Å². The average Bonchev–Trinajstić information content (AvgIpc) is 3.27. The van der Waals surface area contributed by atoms with Gasteiger partial charge in [0, 0.05) is 15.8 Å². The number of aromatic nitrogens is 2. The van der Waals surface area contributed by atoms with Crippen LogP contribution < -0.4 is 10.1 Å². The van der Waals surface area contributed by atoms with E-state index < -0.39 is 0 Å². The zero-order valence-electron chi connectivity index (χ0n) is 15.3. The molecule has 5 nitrogen and oxygen atoms in total. The molecular formula is C20H21N3O2S2. The molecule has 0 saturated carbocycles. The molecule has 1 N–H and O–H groups in total. The Kier molecular flexibility index (Phi) is 5.22. The van der Waals surface area contributed by atoms with Crippen molar-refractivity contribution in [3.8, 4) is 16.3 Å². The third-order valence-corrected chi connectivity index (χ3v) is 6.64. The highest BCUT2D eigenvalue weighted by atomic mass is 32.1. The minimum atomic E-state index is -0.0688. The molecule has 1 aliphatic carbocycles. The minimum absolute atomic E-state index is 0.0688. The third kappa shape index (κ3) is 4.20. The van der Waals surface area contributed by atoms with Gasteiger partial charge in [0.15, 0.2) is 5.13 Å². The number of rotatable bonds is 5. The number of ether oxygens (including phenoxy) is 1. The van der Waals surface area contributed by atoms with Crippen LogP contribution in [0.15, 0.2) is 29.6 Å². The number of anilines is 1. The van der Waals surface area contributed by atoms with Gasteiger partial charge < -0.3 is 10.1 Å².